The van der Waals surface area contributed by atoms with Crippen molar-refractivity contribution in [2.75, 3.05) is 0 Å². The van der Waals surface area contributed by atoms with E-state index < -0.39 is 0 Å². The number of aliphatic hydroxyl groups excluding tert-OH is 1. The third-order valence-electron chi connectivity index (χ3n) is 5.74. The summed E-state index contributed by atoms with van der Waals surface area (Å²) in [6, 6.07) is 6.36. The molecule has 2 unspecified atom stereocenters. The largest absolute Gasteiger partial charge is 0.393 e. The number of hydrogen-bond donors (Lipinski definition) is 1. The maximum atomic E-state index is 13.3. The van der Waals surface area contributed by atoms with Crippen LogP contribution in [0.1, 0.15) is 45.1 Å². The summed E-state index contributed by atoms with van der Waals surface area (Å²) in [5.41, 5.74) is 1.16. The Bertz CT molecular complexity index is 622. The number of allylic oxidation sites excluding steroid dienone is 1. The van der Waals surface area contributed by atoms with E-state index >= 15 is 0 Å². The van der Waals surface area contributed by atoms with E-state index in [4.69, 9.17) is 0 Å². The van der Waals surface area contributed by atoms with Crippen molar-refractivity contribution in [2.45, 2.75) is 45.6 Å². The van der Waals surface area contributed by atoms with Crippen molar-refractivity contribution < 1.29 is 14.3 Å². The summed E-state index contributed by atoms with van der Waals surface area (Å²) in [4.78, 5) is 13.0. The molecule has 2 fully saturated rings. The highest BCUT2D eigenvalue weighted by atomic mass is 19.1. The second kappa shape index (κ2) is 5.62. The molecule has 2 saturated carbocycles. The summed E-state index contributed by atoms with van der Waals surface area (Å²) in [5.74, 6) is 0.315. The van der Waals surface area contributed by atoms with Crippen molar-refractivity contribution in [2.24, 2.45) is 17.3 Å². The van der Waals surface area contributed by atoms with Crippen LogP contribution in [0.3, 0.4) is 0 Å². The summed E-state index contributed by atoms with van der Waals surface area (Å²) in [6.45, 7) is 4.10. The molecule has 1 N–H and O–H groups in total. The standard InChI is InChI=1S/C19H23FO2/c1-12-16-7-6-14(10-13-4-3-5-15(20)11-13)18(22)19(16,2)9-8-17(12)21/h3-5,10-12,16-17,21H,6-9H2,1-2H3/b14-10-/t12-,16?,17?,19-/m0/s1. The summed E-state index contributed by atoms with van der Waals surface area (Å²) >= 11 is 0. The maximum absolute atomic E-state index is 13.3. The lowest BCUT2D eigenvalue weighted by Gasteiger charge is -2.49. The van der Waals surface area contributed by atoms with Gasteiger partial charge in [-0.15, -0.1) is 0 Å². The van der Waals surface area contributed by atoms with E-state index in [9.17, 15) is 14.3 Å². The van der Waals surface area contributed by atoms with Gasteiger partial charge in [-0.25, -0.2) is 4.39 Å². The molecule has 2 aliphatic rings. The number of aliphatic hydroxyl groups is 1. The lowest BCUT2D eigenvalue weighted by atomic mass is 9.55. The summed E-state index contributed by atoms with van der Waals surface area (Å²) < 4.78 is 13.3. The van der Waals surface area contributed by atoms with Gasteiger partial charge in [-0.1, -0.05) is 26.0 Å². The number of rotatable bonds is 1. The van der Waals surface area contributed by atoms with E-state index in [1.54, 1.807) is 6.07 Å². The van der Waals surface area contributed by atoms with Gasteiger partial charge in [0.1, 0.15) is 5.82 Å². The predicted molar refractivity (Wildman–Crippen MR) is 84.6 cm³/mol. The molecular weight excluding hydrogens is 279 g/mol. The maximum Gasteiger partial charge on any atom is 0.165 e. The molecule has 0 amide bonds. The number of halogens is 1. The smallest absolute Gasteiger partial charge is 0.165 e. The molecule has 0 spiro atoms. The number of carbonyl (C=O) groups is 1. The number of carbonyl (C=O) groups excluding carboxylic acids is 1. The third kappa shape index (κ3) is 2.52. The Morgan fingerprint density at radius 3 is 2.86 bits per heavy atom. The zero-order chi connectivity index (χ0) is 15.9. The van der Waals surface area contributed by atoms with Gasteiger partial charge in [0, 0.05) is 5.41 Å². The van der Waals surface area contributed by atoms with Gasteiger partial charge in [-0.3, -0.25) is 4.79 Å². The van der Waals surface area contributed by atoms with E-state index in [1.165, 1.54) is 12.1 Å². The summed E-state index contributed by atoms with van der Waals surface area (Å²) in [5, 5.41) is 10.1. The van der Waals surface area contributed by atoms with Crippen LogP contribution in [0.2, 0.25) is 0 Å². The molecule has 1 aromatic rings. The van der Waals surface area contributed by atoms with Gasteiger partial charge >= 0.3 is 0 Å². The fourth-order valence-corrected chi connectivity index (χ4v) is 4.33. The van der Waals surface area contributed by atoms with Gasteiger partial charge in [-0.05, 0) is 66.9 Å². The fourth-order valence-electron chi connectivity index (χ4n) is 4.33. The average Bonchev–Trinajstić information content (AvgIpc) is 2.48. The Morgan fingerprint density at radius 1 is 1.36 bits per heavy atom. The molecule has 0 heterocycles. The van der Waals surface area contributed by atoms with Crippen LogP contribution in [-0.2, 0) is 4.79 Å². The molecule has 3 rings (SSSR count). The summed E-state index contributed by atoms with van der Waals surface area (Å²) in [6.07, 6.45) is 4.60. The molecule has 0 saturated heterocycles. The summed E-state index contributed by atoms with van der Waals surface area (Å²) in [7, 11) is 0. The van der Waals surface area contributed by atoms with E-state index in [1.807, 2.05) is 19.1 Å². The Kier molecular flexibility index (Phi) is 3.94. The Balaban J connectivity index is 1.90. The van der Waals surface area contributed by atoms with E-state index in [0.29, 0.717) is 12.8 Å². The molecule has 0 aromatic heterocycles. The molecule has 1 aromatic carbocycles. The van der Waals surface area contributed by atoms with Gasteiger partial charge in [0.15, 0.2) is 5.78 Å². The molecule has 3 heteroatoms. The molecule has 118 valence electrons. The van der Waals surface area contributed by atoms with E-state index in [0.717, 1.165) is 24.0 Å². The van der Waals surface area contributed by atoms with Gasteiger partial charge < -0.3 is 5.11 Å². The Hall–Kier alpha value is -1.48. The first kappa shape index (κ1) is 15.4. The topological polar surface area (TPSA) is 37.3 Å². The van der Waals surface area contributed by atoms with E-state index in [2.05, 4.69) is 6.92 Å². The van der Waals surface area contributed by atoms with Crippen molar-refractivity contribution in [3.63, 3.8) is 0 Å². The van der Waals surface area contributed by atoms with Crippen molar-refractivity contribution in [3.8, 4) is 0 Å². The third-order valence-corrected chi connectivity index (χ3v) is 5.74. The van der Waals surface area contributed by atoms with Crippen molar-refractivity contribution in [3.05, 3.63) is 41.2 Å². The first-order valence-corrected chi connectivity index (χ1v) is 8.11. The van der Waals surface area contributed by atoms with Gasteiger partial charge in [0.25, 0.3) is 0 Å². The van der Waals surface area contributed by atoms with Crippen LogP contribution in [0.4, 0.5) is 4.39 Å². The van der Waals surface area contributed by atoms with Crippen LogP contribution >= 0.6 is 0 Å². The molecule has 0 radical (unpaired) electrons. The highest BCUT2D eigenvalue weighted by molar-refractivity contribution is 6.04. The average molecular weight is 302 g/mol. The van der Waals surface area contributed by atoms with Crippen LogP contribution in [-0.4, -0.2) is 17.0 Å². The number of benzene rings is 1. The normalized spacial score (nSPS) is 37.2. The molecule has 4 atom stereocenters. The Morgan fingerprint density at radius 2 is 2.14 bits per heavy atom. The van der Waals surface area contributed by atoms with Gasteiger partial charge in [0.05, 0.1) is 6.10 Å². The first-order chi connectivity index (χ1) is 10.4. The van der Waals surface area contributed by atoms with E-state index in [-0.39, 0.29) is 35.0 Å². The van der Waals surface area contributed by atoms with Crippen LogP contribution in [0.25, 0.3) is 6.08 Å². The minimum Gasteiger partial charge on any atom is -0.393 e. The highest BCUT2D eigenvalue weighted by Crippen LogP contribution is 2.52. The van der Waals surface area contributed by atoms with Crippen LogP contribution in [0, 0.1) is 23.1 Å². The fraction of sp³-hybridized carbons (Fsp3) is 0.526. The van der Waals surface area contributed by atoms with Crippen LogP contribution in [0.15, 0.2) is 29.8 Å². The molecule has 0 aliphatic heterocycles. The number of Topliss-reactive ketones (excluding diaryl/α,β-unsaturated/α-hetero) is 1. The molecule has 0 bridgehead atoms. The van der Waals surface area contributed by atoms with Crippen LogP contribution < -0.4 is 0 Å². The molecule has 2 nitrogen and oxygen atoms in total. The Labute approximate surface area is 131 Å². The predicted octanol–water partition coefficient (Wildman–Crippen LogP) is 3.99. The first-order valence-electron chi connectivity index (χ1n) is 8.11. The van der Waals surface area contributed by atoms with Gasteiger partial charge in [-0.2, -0.15) is 0 Å². The second-order valence-corrected chi connectivity index (χ2v) is 7.08. The van der Waals surface area contributed by atoms with Crippen molar-refractivity contribution in [1.29, 1.82) is 0 Å². The van der Waals surface area contributed by atoms with Crippen LogP contribution in [0.5, 0.6) is 0 Å². The monoisotopic (exact) mass is 302 g/mol. The van der Waals surface area contributed by atoms with Gasteiger partial charge in [0.2, 0.25) is 0 Å². The van der Waals surface area contributed by atoms with Crippen molar-refractivity contribution >= 4 is 11.9 Å². The highest BCUT2D eigenvalue weighted by Gasteiger charge is 2.51. The minimum absolute atomic E-state index is 0.165. The van der Waals surface area contributed by atoms with Crippen molar-refractivity contribution in [1.82, 2.24) is 0 Å². The zero-order valence-electron chi connectivity index (χ0n) is 13.2. The lowest BCUT2D eigenvalue weighted by molar-refractivity contribution is -0.137. The number of ketones is 1. The quantitative estimate of drug-likeness (QED) is 0.797. The molecular formula is C19H23FO2. The SMILES string of the molecule is C[C@@H]1C(O)CC[C@]2(C)C(=O)/C(=C\c3cccc(F)c3)CCC12. The number of fused-ring (bicyclic) bond motifs is 1. The second-order valence-electron chi connectivity index (χ2n) is 7.08. The minimum atomic E-state index is -0.379. The molecule has 2 aliphatic carbocycles. The zero-order valence-corrected chi connectivity index (χ0v) is 13.2. The molecule has 22 heavy (non-hydrogen) atoms. The lowest BCUT2D eigenvalue weighted by Crippen LogP contribution is -2.50. The number of hydrogen-bond acceptors (Lipinski definition) is 2.